The molecule has 68 valence electrons. The molecule has 1 rings (SSSR count). The summed E-state index contributed by atoms with van der Waals surface area (Å²) in [5.74, 6) is -0.791. The number of hydrogen-bond donors (Lipinski definition) is 2. The van der Waals surface area contributed by atoms with E-state index in [1.54, 1.807) is 0 Å². The lowest BCUT2D eigenvalue weighted by atomic mass is 10.1. The number of nitrogens with one attached hydrogen (secondary N) is 1. The van der Waals surface area contributed by atoms with Gasteiger partial charge in [0.1, 0.15) is 0 Å². The number of carbonyl (C=O) groups excluding carboxylic acids is 1. The van der Waals surface area contributed by atoms with Crippen LogP contribution in [0.15, 0.2) is 0 Å². The zero-order valence-electron chi connectivity index (χ0n) is 7.26. The molecule has 4 nitrogen and oxygen atoms in total. The fraction of sp³-hybridized carbons (Fsp3) is 0.750. The highest BCUT2D eigenvalue weighted by atomic mass is 16.4. The summed E-state index contributed by atoms with van der Waals surface area (Å²) in [6.07, 6.45) is 0.669. The highest BCUT2D eigenvalue weighted by Gasteiger charge is 2.57. The quantitative estimate of drug-likeness (QED) is 0.639. The number of aliphatic carboxylic acids is 1. The van der Waals surface area contributed by atoms with Crippen LogP contribution in [0.2, 0.25) is 0 Å². The van der Waals surface area contributed by atoms with Crippen LogP contribution in [0.25, 0.3) is 0 Å². The van der Waals surface area contributed by atoms with E-state index in [0.29, 0.717) is 6.42 Å². The summed E-state index contributed by atoms with van der Waals surface area (Å²) in [5, 5.41) is 11.4. The van der Waals surface area contributed by atoms with Crippen LogP contribution in [0, 0.1) is 11.3 Å². The van der Waals surface area contributed by atoms with Crippen LogP contribution in [-0.2, 0) is 9.59 Å². The van der Waals surface area contributed by atoms with Crippen molar-refractivity contribution in [1.82, 2.24) is 5.32 Å². The summed E-state index contributed by atoms with van der Waals surface area (Å²) in [4.78, 5) is 21.3. The van der Waals surface area contributed by atoms with Crippen LogP contribution < -0.4 is 5.32 Å². The third kappa shape index (κ3) is 1.42. The van der Waals surface area contributed by atoms with Crippen molar-refractivity contribution in [3.8, 4) is 0 Å². The molecule has 4 heteroatoms. The predicted molar refractivity (Wildman–Crippen MR) is 42.5 cm³/mol. The Labute approximate surface area is 71.0 Å². The largest absolute Gasteiger partial charge is 0.481 e. The molecule has 2 N–H and O–H groups in total. The lowest BCUT2D eigenvalue weighted by Gasteiger charge is -2.10. The maximum Gasteiger partial charge on any atom is 0.311 e. The Bertz CT molecular complexity index is 226. The molecule has 0 aromatic carbocycles. The zero-order chi connectivity index (χ0) is 9.35. The van der Waals surface area contributed by atoms with Crippen molar-refractivity contribution in [2.75, 3.05) is 6.54 Å². The van der Waals surface area contributed by atoms with E-state index in [4.69, 9.17) is 5.11 Å². The van der Waals surface area contributed by atoms with E-state index in [-0.39, 0.29) is 18.4 Å². The monoisotopic (exact) mass is 171 g/mol. The summed E-state index contributed by atoms with van der Waals surface area (Å²) in [5.41, 5.74) is -0.675. The van der Waals surface area contributed by atoms with Crippen LogP contribution in [0.5, 0.6) is 0 Å². The van der Waals surface area contributed by atoms with Crippen molar-refractivity contribution in [3.05, 3.63) is 0 Å². The molecule has 0 aliphatic heterocycles. The van der Waals surface area contributed by atoms with E-state index in [2.05, 4.69) is 5.32 Å². The molecule has 1 saturated carbocycles. The molecule has 1 amide bonds. The molecule has 0 bridgehead atoms. The molecule has 1 fully saturated rings. The topological polar surface area (TPSA) is 66.4 Å². The second-order valence-corrected chi connectivity index (χ2v) is 3.48. The highest BCUT2D eigenvalue weighted by Crippen LogP contribution is 2.51. The van der Waals surface area contributed by atoms with E-state index in [1.807, 2.05) is 6.92 Å². The SMILES string of the molecule is CC(=O)NC[C@@]1(C(=O)O)C[C@H]1C. The van der Waals surface area contributed by atoms with Gasteiger partial charge in [0.15, 0.2) is 0 Å². The molecule has 0 saturated heterocycles. The van der Waals surface area contributed by atoms with Crippen LogP contribution in [-0.4, -0.2) is 23.5 Å². The lowest BCUT2D eigenvalue weighted by Crippen LogP contribution is -2.33. The normalized spacial score (nSPS) is 32.7. The van der Waals surface area contributed by atoms with Gasteiger partial charge in [0.25, 0.3) is 0 Å². The molecular weight excluding hydrogens is 158 g/mol. The summed E-state index contributed by atoms with van der Waals surface area (Å²) in [6.45, 7) is 3.54. The van der Waals surface area contributed by atoms with Gasteiger partial charge in [-0.2, -0.15) is 0 Å². The van der Waals surface area contributed by atoms with Crippen molar-refractivity contribution in [3.63, 3.8) is 0 Å². The van der Waals surface area contributed by atoms with Crippen LogP contribution in [0.3, 0.4) is 0 Å². The van der Waals surface area contributed by atoms with Crippen LogP contribution in [0.1, 0.15) is 20.3 Å². The Hall–Kier alpha value is -1.06. The van der Waals surface area contributed by atoms with E-state index in [1.165, 1.54) is 6.92 Å². The van der Waals surface area contributed by atoms with E-state index in [0.717, 1.165) is 0 Å². The van der Waals surface area contributed by atoms with Gasteiger partial charge in [-0.3, -0.25) is 9.59 Å². The molecule has 1 aliphatic rings. The minimum Gasteiger partial charge on any atom is -0.481 e. The minimum atomic E-state index is -0.802. The number of hydrogen-bond acceptors (Lipinski definition) is 2. The van der Waals surface area contributed by atoms with Gasteiger partial charge in [-0.1, -0.05) is 6.92 Å². The third-order valence-corrected chi connectivity index (χ3v) is 2.53. The fourth-order valence-corrected chi connectivity index (χ4v) is 1.39. The van der Waals surface area contributed by atoms with Gasteiger partial charge in [0, 0.05) is 13.5 Å². The molecule has 0 spiro atoms. The molecule has 0 aromatic heterocycles. The van der Waals surface area contributed by atoms with Gasteiger partial charge in [-0.15, -0.1) is 0 Å². The van der Waals surface area contributed by atoms with Crippen LogP contribution >= 0.6 is 0 Å². The average Bonchev–Trinajstić information content (AvgIpc) is 2.59. The second-order valence-electron chi connectivity index (χ2n) is 3.48. The van der Waals surface area contributed by atoms with Gasteiger partial charge >= 0.3 is 5.97 Å². The predicted octanol–water partition coefficient (Wildman–Crippen LogP) is 0.233. The van der Waals surface area contributed by atoms with E-state index in [9.17, 15) is 9.59 Å². The molecule has 0 unspecified atom stereocenters. The van der Waals surface area contributed by atoms with Crippen molar-refractivity contribution in [1.29, 1.82) is 0 Å². The number of carboxylic acids is 1. The third-order valence-electron chi connectivity index (χ3n) is 2.53. The standard InChI is InChI=1S/C8H13NO3/c1-5-3-8(5,7(11)12)4-9-6(2)10/h5H,3-4H2,1-2H3,(H,9,10)(H,11,12)/t5-,8+/m1/s1. The molecule has 0 radical (unpaired) electrons. The molecule has 2 atom stereocenters. The summed E-state index contributed by atoms with van der Waals surface area (Å²) in [7, 11) is 0. The van der Waals surface area contributed by atoms with E-state index >= 15 is 0 Å². The Balaban J connectivity index is 2.48. The zero-order valence-corrected chi connectivity index (χ0v) is 7.26. The Kier molecular flexibility index (Phi) is 2.08. The Morgan fingerprint density at radius 3 is 2.42 bits per heavy atom. The first kappa shape index (κ1) is 9.03. The van der Waals surface area contributed by atoms with Crippen molar-refractivity contribution in [2.45, 2.75) is 20.3 Å². The Morgan fingerprint density at radius 2 is 2.17 bits per heavy atom. The fourth-order valence-electron chi connectivity index (χ4n) is 1.39. The van der Waals surface area contributed by atoms with Gasteiger partial charge < -0.3 is 10.4 Å². The first-order valence-corrected chi connectivity index (χ1v) is 3.97. The summed E-state index contributed by atoms with van der Waals surface area (Å²) >= 11 is 0. The van der Waals surface area contributed by atoms with Crippen LogP contribution in [0.4, 0.5) is 0 Å². The first-order valence-electron chi connectivity index (χ1n) is 3.97. The molecule has 0 heterocycles. The number of rotatable bonds is 3. The van der Waals surface area contributed by atoms with Gasteiger partial charge in [-0.25, -0.2) is 0 Å². The Morgan fingerprint density at radius 1 is 1.67 bits per heavy atom. The molecule has 0 aromatic rings. The van der Waals surface area contributed by atoms with E-state index < -0.39 is 11.4 Å². The number of carboxylic acid groups (broad SMARTS) is 1. The summed E-state index contributed by atoms with van der Waals surface area (Å²) < 4.78 is 0. The first-order chi connectivity index (χ1) is 5.49. The van der Waals surface area contributed by atoms with Crippen molar-refractivity contribution in [2.24, 2.45) is 11.3 Å². The second kappa shape index (κ2) is 2.77. The maximum absolute atomic E-state index is 10.8. The van der Waals surface area contributed by atoms with Crippen molar-refractivity contribution < 1.29 is 14.7 Å². The smallest absolute Gasteiger partial charge is 0.311 e. The molecule has 1 aliphatic carbocycles. The van der Waals surface area contributed by atoms with Gasteiger partial charge in [0.05, 0.1) is 5.41 Å². The van der Waals surface area contributed by atoms with Gasteiger partial charge in [0.2, 0.25) is 5.91 Å². The van der Waals surface area contributed by atoms with Gasteiger partial charge in [-0.05, 0) is 12.3 Å². The lowest BCUT2D eigenvalue weighted by molar-refractivity contribution is -0.143. The molecular formula is C8H13NO3. The van der Waals surface area contributed by atoms with Crippen molar-refractivity contribution >= 4 is 11.9 Å². The number of carbonyl (C=O) groups is 2. The highest BCUT2D eigenvalue weighted by molar-refractivity contribution is 5.80. The number of amides is 1. The average molecular weight is 171 g/mol. The minimum absolute atomic E-state index is 0.172. The molecule has 12 heavy (non-hydrogen) atoms. The summed E-state index contributed by atoms with van der Waals surface area (Å²) in [6, 6.07) is 0. The maximum atomic E-state index is 10.8.